The van der Waals surface area contributed by atoms with E-state index in [-0.39, 0.29) is 18.4 Å². The minimum atomic E-state index is -0.199. The normalized spacial score (nSPS) is 11.6. The molecule has 0 saturated carbocycles. The second-order valence-electron chi connectivity index (χ2n) is 3.46. The third-order valence-corrected chi connectivity index (χ3v) is 2.62. The molecule has 1 atom stereocenters. The monoisotopic (exact) mass is 235 g/mol. The number of hydrogen-bond donors (Lipinski definition) is 1. The first-order valence-electron chi connectivity index (χ1n) is 5.16. The lowest BCUT2D eigenvalue weighted by molar-refractivity contribution is -0.120. The molecule has 0 spiro atoms. The summed E-state index contributed by atoms with van der Waals surface area (Å²) < 4.78 is 0. The predicted octanol–water partition coefficient (Wildman–Crippen LogP) is 2.41. The van der Waals surface area contributed by atoms with Gasteiger partial charge in [0.15, 0.2) is 0 Å². The lowest BCUT2D eigenvalue weighted by atomic mass is 10.1. The number of benzene rings is 1. The molecule has 0 radical (unpaired) electrons. The Labute approximate surface area is 101 Å². The van der Waals surface area contributed by atoms with Crippen molar-refractivity contribution in [3.63, 3.8) is 0 Å². The van der Waals surface area contributed by atoms with E-state index in [0.29, 0.717) is 5.02 Å². The van der Waals surface area contributed by atoms with Gasteiger partial charge in [-0.15, -0.1) is 6.42 Å². The molecule has 0 aliphatic heterocycles. The van der Waals surface area contributed by atoms with Gasteiger partial charge < -0.3 is 5.32 Å². The molecular weight excluding hydrogens is 222 g/mol. The van der Waals surface area contributed by atoms with Gasteiger partial charge in [0.2, 0.25) is 5.91 Å². The quantitative estimate of drug-likeness (QED) is 0.798. The van der Waals surface area contributed by atoms with E-state index in [1.54, 1.807) is 6.07 Å². The zero-order valence-corrected chi connectivity index (χ0v) is 9.92. The summed E-state index contributed by atoms with van der Waals surface area (Å²) in [4.78, 5) is 11.6. The molecule has 1 aromatic rings. The second kappa shape index (κ2) is 6.19. The zero-order valence-electron chi connectivity index (χ0n) is 9.16. The Balaban J connectivity index is 2.59. The standard InChI is InChI=1S/C13H14ClNO/c1-3-11(4-2)15-13(16)9-10-7-5-6-8-12(10)14/h1,5-8,11H,4,9H2,2H3,(H,15,16). The maximum absolute atomic E-state index is 11.6. The van der Waals surface area contributed by atoms with Crippen LogP contribution >= 0.6 is 11.6 Å². The fraction of sp³-hybridized carbons (Fsp3) is 0.308. The van der Waals surface area contributed by atoms with Crippen LogP contribution in [0.15, 0.2) is 24.3 Å². The van der Waals surface area contributed by atoms with Gasteiger partial charge in [-0.3, -0.25) is 4.79 Å². The first kappa shape index (κ1) is 12.6. The van der Waals surface area contributed by atoms with Crippen molar-refractivity contribution < 1.29 is 4.79 Å². The number of halogens is 1. The van der Waals surface area contributed by atoms with Gasteiger partial charge in [-0.25, -0.2) is 0 Å². The predicted molar refractivity (Wildman–Crippen MR) is 66.2 cm³/mol. The van der Waals surface area contributed by atoms with Crippen molar-refractivity contribution in [1.82, 2.24) is 5.32 Å². The summed E-state index contributed by atoms with van der Waals surface area (Å²) in [7, 11) is 0. The van der Waals surface area contributed by atoms with Crippen molar-refractivity contribution in [3.8, 4) is 12.3 Å². The summed E-state index contributed by atoms with van der Waals surface area (Å²) in [5.74, 6) is 2.42. The van der Waals surface area contributed by atoms with Crippen molar-refractivity contribution in [2.45, 2.75) is 25.8 Å². The minimum absolute atomic E-state index is 0.0992. The van der Waals surface area contributed by atoms with Crippen LogP contribution in [0.5, 0.6) is 0 Å². The molecule has 1 N–H and O–H groups in total. The van der Waals surface area contributed by atoms with Gasteiger partial charge in [0.1, 0.15) is 0 Å². The van der Waals surface area contributed by atoms with E-state index in [1.165, 1.54) is 0 Å². The van der Waals surface area contributed by atoms with Gasteiger partial charge in [-0.05, 0) is 18.1 Å². The molecule has 0 bridgehead atoms. The molecule has 0 aromatic heterocycles. The molecule has 3 heteroatoms. The van der Waals surface area contributed by atoms with E-state index < -0.39 is 0 Å². The first-order chi connectivity index (χ1) is 7.67. The highest BCUT2D eigenvalue weighted by molar-refractivity contribution is 6.31. The van der Waals surface area contributed by atoms with Crippen LogP contribution in [-0.2, 0) is 11.2 Å². The highest BCUT2D eigenvalue weighted by Crippen LogP contribution is 2.15. The first-order valence-corrected chi connectivity index (χ1v) is 5.54. The topological polar surface area (TPSA) is 29.1 Å². The molecular formula is C13H14ClNO. The molecule has 0 heterocycles. The summed E-state index contributed by atoms with van der Waals surface area (Å²) in [6.07, 6.45) is 6.25. The zero-order chi connectivity index (χ0) is 12.0. The van der Waals surface area contributed by atoms with Gasteiger partial charge in [0, 0.05) is 5.02 Å². The fourth-order valence-corrected chi connectivity index (χ4v) is 1.52. The number of carbonyl (C=O) groups excluding carboxylic acids is 1. The van der Waals surface area contributed by atoms with Crippen LogP contribution in [0.25, 0.3) is 0 Å². The molecule has 0 fully saturated rings. The number of nitrogens with one attached hydrogen (secondary N) is 1. The summed E-state index contributed by atoms with van der Waals surface area (Å²) in [6, 6.07) is 7.09. The number of terminal acetylenes is 1. The summed E-state index contributed by atoms with van der Waals surface area (Å²) in [6.45, 7) is 1.93. The van der Waals surface area contributed by atoms with Crippen LogP contribution in [0.1, 0.15) is 18.9 Å². The van der Waals surface area contributed by atoms with E-state index in [9.17, 15) is 4.79 Å². The molecule has 0 saturated heterocycles. The average Bonchev–Trinajstić information content (AvgIpc) is 2.29. The molecule has 1 amide bonds. The van der Waals surface area contributed by atoms with E-state index in [2.05, 4.69) is 11.2 Å². The molecule has 0 aliphatic carbocycles. The Morgan fingerprint density at radius 3 is 2.81 bits per heavy atom. The molecule has 1 unspecified atom stereocenters. The third kappa shape index (κ3) is 3.60. The van der Waals surface area contributed by atoms with Crippen LogP contribution in [0.4, 0.5) is 0 Å². The number of amides is 1. The van der Waals surface area contributed by atoms with Gasteiger partial charge in [0.25, 0.3) is 0 Å². The highest BCUT2D eigenvalue weighted by Gasteiger charge is 2.09. The Bertz CT molecular complexity index is 409. The minimum Gasteiger partial charge on any atom is -0.342 e. The number of hydrogen-bond acceptors (Lipinski definition) is 1. The Morgan fingerprint density at radius 2 is 2.25 bits per heavy atom. The Kier molecular flexibility index (Phi) is 4.88. The second-order valence-corrected chi connectivity index (χ2v) is 3.87. The smallest absolute Gasteiger partial charge is 0.225 e. The van der Waals surface area contributed by atoms with Crippen molar-refractivity contribution in [3.05, 3.63) is 34.9 Å². The highest BCUT2D eigenvalue weighted by atomic mass is 35.5. The van der Waals surface area contributed by atoms with E-state index >= 15 is 0 Å². The summed E-state index contributed by atoms with van der Waals surface area (Å²) >= 11 is 5.95. The van der Waals surface area contributed by atoms with Crippen LogP contribution in [0.2, 0.25) is 5.02 Å². The Morgan fingerprint density at radius 1 is 1.56 bits per heavy atom. The van der Waals surface area contributed by atoms with E-state index in [4.69, 9.17) is 18.0 Å². The molecule has 84 valence electrons. The van der Waals surface area contributed by atoms with Gasteiger partial charge in [-0.2, -0.15) is 0 Å². The maximum atomic E-state index is 11.6. The number of rotatable bonds is 4. The van der Waals surface area contributed by atoms with Gasteiger partial charge >= 0.3 is 0 Å². The third-order valence-electron chi connectivity index (χ3n) is 2.25. The molecule has 1 rings (SSSR count). The van der Waals surface area contributed by atoms with E-state index in [0.717, 1.165) is 12.0 Å². The van der Waals surface area contributed by atoms with Crippen LogP contribution < -0.4 is 5.32 Å². The van der Waals surface area contributed by atoms with Crippen LogP contribution in [0, 0.1) is 12.3 Å². The number of carbonyl (C=O) groups is 1. The molecule has 0 aliphatic rings. The molecule has 16 heavy (non-hydrogen) atoms. The van der Waals surface area contributed by atoms with Crippen molar-refractivity contribution >= 4 is 17.5 Å². The lowest BCUT2D eigenvalue weighted by Crippen LogP contribution is -2.34. The Hall–Kier alpha value is -1.46. The van der Waals surface area contributed by atoms with E-state index in [1.807, 2.05) is 25.1 Å². The largest absolute Gasteiger partial charge is 0.342 e. The average molecular weight is 236 g/mol. The van der Waals surface area contributed by atoms with Crippen molar-refractivity contribution in [1.29, 1.82) is 0 Å². The lowest BCUT2D eigenvalue weighted by Gasteiger charge is -2.11. The maximum Gasteiger partial charge on any atom is 0.225 e. The van der Waals surface area contributed by atoms with Crippen molar-refractivity contribution in [2.24, 2.45) is 0 Å². The molecule has 1 aromatic carbocycles. The SMILES string of the molecule is C#CC(CC)NC(=O)Cc1ccccc1Cl. The fourth-order valence-electron chi connectivity index (χ4n) is 1.32. The van der Waals surface area contributed by atoms with Gasteiger partial charge in [0.05, 0.1) is 12.5 Å². The summed E-state index contributed by atoms with van der Waals surface area (Å²) in [5.41, 5.74) is 0.813. The van der Waals surface area contributed by atoms with Gasteiger partial charge in [-0.1, -0.05) is 42.6 Å². The van der Waals surface area contributed by atoms with Crippen molar-refractivity contribution in [2.75, 3.05) is 0 Å². The molecule has 2 nitrogen and oxygen atoms in total. The summed E-state index contributed by atoms with van der Waals surface area (Å²) in [5, 5.41) is 3.36. The van der Waals surface area contributed by atoms with Crippen LogP contribution in [-0.4, -0.2) is 11.9 Å². The van der Waals surface area contributed by atoms with Crippen LogP contribution in [0.3, 0.4) is 0 Å².